The van der Waals surface area contributed by atoms with Gasteiger partial charge in [-0.1, -0.05) is 42.1 Å². The number of hydrogen-bond donors (Lipinski definition) is 1. The van der Waals surface area contributed by atoms with Crippen LogP contribution in [-0.4, -0.2) is 33.2 Å². The number of rotatable bonds is 7. The van der Waals surface area contributed by atoms with Crippen LogP contribution in [0.25, 0.3) is 11.3 Å². The number of ether oxygens (including phenoxy) is 1. The van der Waals surface area contributed by atoms with Gasteiger partial charge in [0.2, 0.25) is 5.91 Å². The lowest BCUT2D eigenvalue weighted by Gasteiger charge is -2.14. The highest BCUT2D eigenvalue weighted by Gasteiger charge is 2.34. The minimum absolute atomic E-state index is 0.0545. The number of alkyl halides is 3. The van der Waals surface area contributed by atoms with E-state index >= 15 is 0 Å². The maximum Gasteiger partial charge on any atom is 0.433 e. The van der Waals surface area contributed by atoms with Crippen molar-refractivity contribution in [2.24, 2.45) is 0 Å². The van der Waals surface area contributed by atoms with Crippen LogP contribution in [0.4, 0.5) is 24.5 Å². The second kappa shape index (κ2) is 9.86. The van der Waals surface area contributed by atoms with E-state index in [1.165, 1.54) is 26.2 Å². The largest absolute Gasteiger partial charge is 0.496 e. The molecule has 0 saturated heterocycles. The fourth-order valence-corrected chi connectivity index (χ4v) is 3.51. The van der Waals surface area contributed by atoms with Crippen LogP contribution in [0.15, 0.2) is 59.8 Å². The standard InChI is InChI=1S/C21H17F3N4O4S/c1-12(19(29)25-15-9-8-14(32-2)10-17(15)28(30)31)33-20-26-16(13-6-4-3-5-7-13)11-18(27-20)21(22,23)24/h3-12H,1-2H3,(H,25,29)/t12-/m1/s1. The zero-order valence-corrected chi connectivity index (χ0v) is 18.1. The predicted molar refractivity (Wildman–Crippen MR) is 116 cm³/mol. The molecule has 0 unspecified atom stereocenters. The molecule has 0 aliphatic heterocycles. The number of halogens is 3. The normalized spacial score (nSPS) is 12.2. The summed E-state index contributed by atoms with van der Waals surface area (Å²) in [6.45, 7) is 1.43. The molecule has 1 N–H and O–H groups in total. The van der Waals surface area contributed by atoms with E-state index in [1.54, 1.807) is 30.3 Å². The molecule has 33 heavy (non-hydrogen) atoms. The van der Waals surface area contributed by atoms with Crippen LogP contribution in [0, 0.1) is 10.1 Å². The summed E-state index contributed by atoms with van der Waals surface area (Å²) in [5.41, 5.74) is -1.09. The number of carbonyl (C=O) groups excluding carboxylic acids is 1. The molecule has 3 rings (SSSR count). The van der Waals surface area contributed by atoms with E-state index < -0.39 is 28.0 Å². The van der Waals surface area contributed by atoms with Gasteiger partial charge in [0.05, 0.1) is 29.0 Å². The highest BCUT2D eigenvalue weighted by atomic mass is 32.2. The van der Waals surface area contributed by atoms with Gasteiger partial charge in [0.1, 0.15) is 17.1 Å². The van der Waals surface area contributed by atoms with Gasteiger partial charge >= 0.3 is 6.18 Å². The van der Waals surface area contributed by atoms with Crippen molar-refractivity contribution in [3.05, 3.63) is 70.4 Å². The summed E-state index contributed by atoms with van der Waals surface area (Å²) in [6, 6.07) is 13.0. The molecule has 0 spiro atoms. The summed E-state index contributed by atoms with van der Waals surface area (Å²) in [7, 11) is 1.34. The fraction of sp³-hybridized carbons (Fsp3) is 0.190. The van der Waals surface area contributed by atoms with E-state index in [9.17, 15) is 28.1 Å². The molecule has 12 heteroatoms. The van der Waals surface area contributed by atoms with Crippen molar-refractivity contribution in [2.45, 2.75) is 23.5 Å². The lowest BCUT2D eigenvalue weighted by atomic mass is 10.1. The Morgan fingerprint density at radius 2 is 1.85 bits per heavy atom. The number of nitro benzene ring substituents is 1. The Balaban J connectivity index is 1.86. The predicted octanol–water partition coefficient (Wildman–Crippen LogP) is 5.20. The fourth-order valence-electron chi connectivity index (χ4n) is 2.72. The number of anilines is 1. The highest BCUT2D eigenvalue weighted by molar-refractivity contribution is 8.00. The number of carbonyl (C=O) groups is 1. The number of nitrogens with zero attached hydrogens (tertiary/aromatic N) is 3. The van der Waals surface area contributed by atoms with Crippen molar-refractivity contribution in [2.75, 3.05) is 12.4 Å². The Morgan fingerprint density at radius 1 is 1.15 bits per heavy atom. The number of thioether (sulfide) groups is 1. The first-order valence-electron chi connectivity index (χ1n) is 9.40. The molecule has 0 aliphatic carbocycles. The zero-order valence-electron chi connectivity index (χ0n) is 17.3. The quantitative estimate of drug-likeness (QED) is 0.215. The number of nitro groups is 1. The van der Waals surface area contributed by atoms with E-state index in [1.807, 2.05) is 0 Å². The van der Waals surface area contributed by atoms with E-state index in [4.69, 9.17) is 4.74 Å². The smallest absolute Gasteiger partial charge is 0.433 e. The highest BCUT2D eigenvalue weighted by Crippen LogP contribution is 2.34. The van der Waals surface area contributed by atoms with Gasteiger partial charge in [0, 0.05) is 5.56 Å². The van der Waals surface area contributed by atoms with Gasteiger partial charge in [-0.2, -0.15) is 13.2 Å². The average molecular weight is 478 g/mol. The van der Waals surface area contributed by atoms with Crippen molar-refractivity contribution < 1.29 is 27.6 Å². The maximum atomic E-state index is 13.4. The lowest BCUT2D eigenvalue weighted by Crippen LogP contribution is -2.23. The molecule has 0 fully saturated rings. The Labute approximate surface area is 190 Å². The summed E-state index contributed by atoms with van der Waals surface area (Å²) >= 11 is 0.703. The van der Waals surface area contributed by atoms with Crippen LogP contribution in [0.3, 0.4) is 0 Å². The molecule has 1 amide bonds. The van der Waals surface area contributed by atoms with Gasteiger partial charge in [-0.3, -0.25) is 14.9 Å². The minimum Gasteiger partial charge on any atom is -0.496 e. The third-order valence-corrected chi connectivity index (χ3v) is 5.34. The summed E-state index contributed by atoms with van der Waals surface area (Å²) in [5.74, 6) is -0.441. The first kappa shape index (κ1) is 24.0. The van der Waals surface area contributed by atoms with Crippen molar-refractivity contribution in [3.63, 3.8) is 0 Å². The number of methoxy groups -OCH3 is 1. The van der Waals surface area contributed by atoms with Crippen LogP contribution in [-0.2, 0) is 11.0 Å². The molecule has 172 valence electrons. The Kier molecular flexibility index (Phi) is 7.16. The molecule has 0 saturated carbocycles. The Morgan fingerprint density at radius 3 is 2.45 bits per heavy atom. The van der Waals surface area contributed by atoms with Crippen LogP contribution >= 0.6 is 11.8 Å². The van der Waals surface area contributed by atoms with E-state index in [-0.39, 0.29) is 28.0 Å². The molecule has 0 bridgehead atoms. The molecule has 1 atom stereocenters. The molecule has 0 aliphatic rings. The van der Waals surface area contributed by atoms with Gasteiger partial charge in [-0.15, -0.1) is 0 Å². The monoisotopic (exact) mass is 478 g/mol. The second-order valence-corrected chi connectivity index (χ2v) is 7.98. The first-order chi connectivity index (χ1) is 15.6. The number of amides is 1. The van der Waals surface area contributed by atoms with E-state index in [0.29, 0.717) is 17.3 Å². The Hall–Kier alpha value is -3.67. The molecule has 1 aromatic heterocycles. The van der Waals surface area contributed by atoms with Gasteiger partial charge in [0.15, 0.2) is 5.16 Å². The lowest BCUT2D eigenvalue weighted by molar-refractivity contribution is -0.384. The molecule has 3 aromatic rings. The van der Waals surface area contributed by atoms with E-state index in [0.717, 1.165) is 12.1 Å². The SMILES string of the molecule is COc1ccc(NC(=O)[C@@H](C)Sc2nc(-c3ccccc3)cc(C(F)(F)F)n2)c([N+](=O)[O-])c1. The van der Waals surface area contributed by atoms with Crippen molar-refractivity contribution in [3.8, 4) is 17.0 Å². The molecule has 1 heterocycles. The Bertz CT molecular complexity index is 1180. The number of hydrogen-bond acceptors (Lipinski definition) is 7. The summed E-state index contributed by atoms with van der Waals surface area (Å²) in [6.07, 6.45) is -4.71. The number of aromatic nitrogens is 2. The number of nitrogens with one attached hydrogen (secondary N) is 1. The third-order valence-electron chi connectivity index (χ3n) is 4.38. The summed E-state index contributed by atoms with van der Waals surface area (Å²) in [4.78, 5) is 31.0. The third kappa shape index (κ3) is 5.98. The van der Waals surface area contributed by atoms with Gasteiger partial charge in [-0.25, -0.2) is 9.97 Å². The average Bonchev–Trinajstić information content (AvgIpc) is 2.78. The molecule has 2 aromatic carbocycles. The molecular formula is C21H17F3N4O4S. The molecular weight excluding hydrogens is 461 g/mol. The van der Waals surface area contributed by atoms with Gasteiger partial charge in [0.25, 0.3) is 5.69 Å². The summed E-state index contributed by atoms with van der Waals surface area (Å²) < 4.78 is 45.1. The van der Waals surface area contributed by atoms with Crippen LogP contribution in [0.5, 0.6) is 5.75 Å². The van der Waals surface area contributed by atoms with Gasteiger partial charge in [-0.05, 0) is 25.1 Å². The van der Waals surface area contributed by atoms with Crippen molar-refractivity contribution in [1.29, 1.82) is 0 Å². The van der Waals surface area contributed by atoms with Crippen LogP contribution in [0.2, 0.25) is 0 Å². The van der Waals surface area contributed by atoms with Crippen molar-refractivity contribution in [1.82, 2.24) is 9.97 Å². The van der Waals surface area contributed by atoms with Crippen LogP contribution < -0.4 is 10.1 Å². The maximum absolute atomic E-state index is 13.4. The second-order valence-electron chi connectivity index (χ2n) is 6.67. The molecule has 0 radical (unpaired) electrons. The molecule has 8 nitrogen and oxygen atoms in total. The summed E-state index contributed by atoms with van der Waals surface area (Å²) in [5, 5.41) is 12.5. The van der Waals surface area contributed by atoms with Crippen molar-refractivity contribution >= 4 is 29.0 Å². The van der Waals surface area contributed by atoms with Gasteiger partial charge < -0.3 is 10.1 Å². The van der Waals surface area contributed by atoms with Crippen LogP contribution in [0.1, 0.15) is 12.6 Å². The number of benzene rings is 2. The topological polar surface area (TPSA) is 107 Å². The zero-order chi connectivity index (χ0) is 24.2. The first-order valence-corrected chi connectivity index (χ1v) is 10.3. The minimum atomic E-state index is -4.71. The van der Waals surface area contributed by atoms with E-state index in [2.05, 4.69) is 15.3 Å².